The van der Waals surface area contributed by atoms with E-state index in [0.29, 0.717) is 0 Å². The van der Waals surface area contributed by atoms with Crippen molar-refractivity contribution in [2.75, 3.05) is 4.90 Å². The quantitative estimate of drug-likeness (QED) is 0.418. The summed E-state index contributed by atoms with van der Waals surface area (Å²) in [6.45, 7) is 0. The average molecular weight is 350 g/mol. The Bertz CT molecular complexity index is 1150. The summed E-state index contributed by atoms with van der Waals surface area (Å²) >= 11 is 0. The van der Waals surface area contributed by atoms with Gasteiger partial charge in [-0.1, -0.05) is 48.6 Å². The first-order valence-corrected chi connectivity index (χ1v) is 9.62. The Balaban J connectivity index is 1.71. The summed E-state index contributed by atoms with van der Waals surface area (Å²) in [5.74, 6) is 0. The molecule has 0 radical (unpaired) electrons. The van der Waals surface area contributed by atoms with Crippen LogP contribution in [0.2, 0.25) is 0 Å². The molecule has 0 saturated heterocycles. The standard InChI is InChI=1S/C25H22N2/c1-2-5-11-19(10-4-1)27(20-12-6-3-7-13-20)21-16-17-25-23(18-21)22-14-8-9-15-24(22)26-25/h3-4,6-18,26H,1-2,5H2. The number of H-pyrrole nitrogens is 1. The number of nitrogens with one attached hydrogen (secondary N) is 1. The van der Waals surface area contributed by atoms with Crippen LogP contribution in [0.15, 0.2) is 96.7 Å². The van der Waals surface area contributed by atoms with Crippen LogP contribution in [-0.2, 0) is 0 Å². The van der Waals surface area contributed by atoms with Crippen molar-refractivity contribution in [3.05, 3.63) is 96.7 Å². The number of allylic oxidation sites excluding steroid dienone is 3. The number of rotatable bonds is 3. The second-order valence-electron chi connectivity index (χ2n) is 7.03. The molecule has 3 aromatic carbocycles. The third-order valence-corrected chi connectivity index (χ3v) is 5.24. The molecule has 2 heteroatoms. The summed E-state index contributed by atoms with van der Waals surface area (Å²) in [5.41, 5.74) is 5.99. The van der Waals surface area contributed by atoms with Gasteiger partial charge in [-0.2, -0.15) is 0 Å². The Labute approximate surface area is 159 Å². The minimum Gasteiger partial charge on any atom is -0.355 e. The highest BCUT2D eigenvalue weighted by atomic mass is 15.1. The summed E-state index contributed by atoms with van der Waals surface area (Å²) < 4.78 is 0. The van der Waals surface area contributed by atoms with Gasteiger partial charge in [0.1, 0.15) is 0 Å². The van der Waals surface area contributed by atoms with Gasteiger partial charge in [0.2, 0.25) is 0 Å². The summed E-state index contributed by atoms with van der Waals surface area (Å²) in [5, 5.41) is 2.54. The van der Waals surface area contributed by atoms with E-state index in [4.69, 9.17) is 0 Å². The monoisotopic (exact) mass is 350 g/mol. The Morgan fingerprint density at radius 1 is 0.704 bits per heavy atom. The van der Waals surface area contributed by atoms with E-state index in [1.54, 1.807) is 0 Å². The number of aromatic nitrogens is 1. The molecular weight excluding hydrogens is 328 g/mol. The maximum Gasteiger partial charge on any atom is 0.0469 e. The number of anilines is 2. The van der Waals surface area contributed by atoms with Crippen LogP contribution in [0.1, 0.15) is 19.3 Å². The molecule has 132 valence electrons. The van der Waals surface area contributed by atoms with Crippen LogP contribution in [0.5, 0.6) is 0 Å². The van der Waals surface area contributed by atoms with E-state index in [-0.39, 0.29) is 0 Å². The van der Waals surface area contributed by atoms with Crippen LogP contribution in [0.3, 0.4) is 0 Å². The van der Waals surface area contributed by atoms with Gasteiger partial charge in [0.15, 0.2) is 0 Å². The lowest BCUT2D eigenvalue weighted by Gasteiger charge is -2.26. The van der Waals surface area contributed by atoms with E-state index in [0.717, 1.165) is 12.8 Å². The van der Waals surface area contributed by atoms with E-state index in [1.807, 2.05) is 0 Å². The van der Waals surface area contributed by atoms with Crippen LogP contribution in [-0.4, -0.2) is 4.98 Å². The van der Waals surface area contributed by atoms with Crippen molar-refractivity contribution in [3.8, 4) is 0 Å². The number of hydrogen-bond donors (Lipinski definition) is 1. The van der Waals surface area contributed by atoms with Gasteiger partial charge in [0.05, 0.1) is 0 Å². The molecule has 0 atom stereocenters. The van der Waals surface area contributed by atoms with Crippen molar-refractivity contribution in [2.24, 2.45) is 0 Å². The van der Waals surface area contributed by atoms with Gasteiger partial charge in [-0.3, -0.25) is 0 Å². The van der Waals surface area contributed by atoms with Gasteiger partial charge in [-0.15, -0.1) is 0 Å². The number of hydrogen-bond acceptors (Lipinski definition) is 1. The fourth-order valence-corrected chi connectivity index (χ4v) is 3.92. The number of nitrogens with zero attached hydrogens (tertiary/aromatic N) is 1. The Morgan fingerprint density at radius 3 is 2.44 bits per heavy atom. The van der Waals surface area contributed by atoms with Crippen LogP contribution < -0.4 is 4.90 Å². The van der Waals surface area contributed by atoms with Crippen LogP contribution in [0.4, 0.5) is 11.4 Å². The Hall–Kier alpha value is -3.26. The minimum atomic E-state index is 1.11. The maximum atomic E-state index is 3.53. The molecule has 0 unspecified atom stereocenters. The predicted molar refractivity (Wildman–Crippen MR) is 115 cm³/mol. The van der Waals surface area contributed by atoms with E-state index < -0.39 is 0 Å². The van der Waals surface area contributed by atoms with Crippen LogP contribution >= 0.6 is 0 Å². The number of aromatic amines is 1. The lowest BCUT2D eigenvalue weighted by atomic mass is 10.1. The SMILES string of the molecule is C1=CC(N(c2ccccc2)c2ccc3[nH]c4ccccc4c3c2)=CCCC1. The number of benzene rings is 3. The predicted octanol–water partition coefficient (Wildman–Crippen LogP) is 7.08. The second-order valence-corrected chi connectivity index (χ2v) is 7.03. The molecule has 2 nitrogen and oxygen atoms in total. The van der Waals surface area contributed by atoms with Crippen molar-refractivity contribution >= 4 is 33.2 Å². The van der Waals surface area contributed by atoms with Crippen molar-refractivity contribution in [2.45, 2.75) is 19.3 Å². The van der Waals surface area contributed by atoms with Crippen molar-refractivity contribution in [1.82, 2.24) is 4.98 Å². The van der Waals surface area contributed by atoms with Gasteiger partial charge in [0, 0.05) is 38.9 Å². The molecule has 0 spiro atoms. The number of para-hydroxylation sites is 2. The van der Waals surface area contributed by atoms with Crippen molar-refractivity contribution in [3.63, 3.8) is 0 Å². The third kappa shape index (κ3) is 2.93. The maximum absolute atomic E-state index is 3.53. The van der Waals surface area contributed by atoms with Crippen LogP contribution in [0.25, 0.3) is 21.8 Å². The number of fused-ring (bicyclic) bond motifs is 3. The Morgan fingerprint density at radius 2 is 1.52 bits per heavy atom. The van der Waals surface area contributed by atoms with Gasteiger partial charge in [0.25, 0.3) is 0 Å². The van der Waals surface area contributed by atoms with Gasteiger partial charge < -0.3 is 9.88 Å². The minimum absolute atomic E-state index is 1.11. The summed E-state index contributed by atoms with van der Waals surface area (Å²) in [6.07, 6.45) is 10.4. The highest BCUT2D eigenvalue weighted by Crippen LogP contribution is 2.35. The molecule has 1 heterocycles. The molecule has 0 amide bonds. The third-order valence-electron chi connectivity index (χ3n) is 5.24. The molecule has 4 aromatic rings. The van der Waals surface area contributed by atoms with E-state index >= 15 is 0 Å². The van der Waals surface area contributed by atoms with E-state index in [1.165, 1.54) is 45.3 Å². The highest BCUT2D eigenvalue weighted by molar-refractivity contribution is 6.08. The lowest BCUT2D eigenvalue weighted by Crippen LogP contribution is -2.15. The largest absolute Gasteiger partial charge is 0.355 e. The fourth-order valence-electron chi connectivity index (χ4n) is 3.92. The fraction of sp³-hybridized carbons (Fsp3) is 0.120. The van der Waals surface area contributed by atoms with E-state index in [2.05, 4.69) is 101 Å². The molecule has 1 aliphatic carbocycles. The molecule has 0 fully saturated rings. The first-order chi connectivity index (χ1) is 13.4. The molecule has 0 aliphatic heterocycles. The normalized spacial score (nSPS) is 14.3. The molecule has 1 aromatic heterocycles. The zero-order chi connectivity index (χ0) is 18.1. The summed E-state index contributed by atoms with van der Waals surface area (Å²) in [6, 6.07) is 25.9. The highest BCUT2D eigenvalue weighted by Gasteiger charge is 2.15. The van der Waals surface area contributed by atoms with Crippen molar-refractivity contribution < 1.29 is 0 Å². The van der Waals surface area contributed by atoms with Crippen LogP contribution in [0, 0.1) is 0 Å². The Kier molecular flexibility index (Phi) is 4.02. The second kappa shape index (κ2) is 6.81. The first-order valence-electron chi connectivity index (χ1n) is 9.62. The van der Waals surface area contributed by atoms with Gasteiger partial charge in [-0.25, -0.2) is 0 Å². The molecule has 27 heavy (non-hydrogen) atoms. The smallest absolute Gasteiger partial charge is 0.0469 e. The average Bonchev–Trinajstić information content (AvgIpc) is 2.88. The molecule has 0 saturated carbocycles. The van der Waals surface area contributed by atoms with E-state index in [9.17, 15) is 0 Å². The first kappa shape index (κ1) is 16.0. The summed E-state index contributed by atoms with van der Waals surface area (Å²) in [4.78, 5) is 5.89. The topological polar surface area (TPSA) is 19.0 Å². The molecule has 1 aliphatic rings. The zero-order valence-electron chi connectivity index (χ0n) is 15.2. The lowest BCUT2D eigenvalue weighted by molar-refractivity contribution is 0.873. The molecule has 1 N–H and O–H groups in total. The van der Waals surface area contributed by atoms with Crippen molar-refractivity contribution in [1.29, 1.82) is 0 Å². The molecule has 0 bridgehead atoms. The zero-order valence-corrected chi connectivity index (χ0v) is 15.2. The molecular formula is C25H22N2. The van der Waals surface area contributed by atoms with Gasteiger partial charge in [-0.05, 0) is 61.7 Å². The molecule has 5 rings (SSSR count). The summed E-state index contributed by atoms with van der Waals surface area (Å²) in [7, 11) is 0. The van der Waals surface area contributed by atoms with Gasteiger partial charge >= 0.3 is 0 Å².